The van der Waals surface area contributed by atoms with Crippen molar-refractivity contribution in [1.82, 2.24) is 0 Å². The highest BCUT2D eigenvalue weighted by molar-refractivity contribution is 4.93. The molecule has 0 aromatic rings. The molecule has 0 spiro atoms. The van der Waals surface area contributed by atoms with E-state index < -0.39 is 30.7 Å². The van der Waals surface area contributed by atoms with Crippen molar-refractivity contribution in [2.24, 2.45) is 0 Å². The second-order valence-electron chi connectivity index (χ2n) is 6.89. The maximum Gasteiger partial charge on any atom is 0.186 e. The number of hydrogen-bond acceptors (Lipinski definition) is 10. The molecule has 10 nitrogen and oxygen atoms in total. The van der Waals surface area contributed by atoms with Gasteiger partial charge < -0.3 is 48.8 Å². The maximum absolute atomic E-state index is 9.14. The van der Waals surface area contributed by atoms with Crippen LogP contribution in [0.5, 0.6) is 0 Å². The van der Waals surface area contributed by atoms with Crippen molar-refractivity contribution >= 4 is 0 Å². The first-order chi connectivity index (χ1) is 14.7. The minimum Gasteiger partial charge on any atom is -0.396 e. The van der Waals surface area contributed by atoms with Gasteiger partial charge in [-0.15, -0.1) is 0 Å². The summed E-state index contributed by atoms with van der Waals surface area (Å²) in [6, 6.07) is 0. The number of aliphatic hydroxyl groups excluding tert-OH is 4. The van der Waals surface area contributed by atoms with Crippen molar-refractivity contribution in [2.45, 2.75) is 63.3 Å². The summed E-state index contributed by atoms with van der Waals surface area (Å²) in [6.45, 7) is 3.80. The third-order valence-electron chi connectivity index (χ3n) is 4.49. The Balaban J connectivity index is 2.98. The van der Waals surface area contributed by atoms with Gasteiger partial charge in [-0.1, -0.05) is 0 Å². The summed E-state index contributed by atoms with van der Waals surface area (Å²) in [6.07, 6.45) is -1.01. The number of rotatable bonds is 19. The molecular weight excluding hydrogens is 400 g/mol. The van der Waals surface area contributed by atoms with Crippen LogP contribution in [0, 0.1) is 0 Å². The van der Waals surface area contributed by atoms with E-state index in [0.717, 1.165) is 0 Å². The molecule has 180 valence electrons. The van der Waals surface area contributed by atoms with E-state index in [9.17, 15) is 0 Å². The largest absolute Gasteiger partial charge is 0.396 e. The lowest BCUT2D eigenvalue weighted by atomic mass is 9.98. The Morgan fingerprint density at radius 3 is 1.67 bits per heavy atom. The zero-order valence-corrected chi connectivity index (χ0v) is 18.0. The molecular formula is C20H40O10. The average molecular weight is 441 g/mol. The van der Waals surface area contributed by atoms with Crippen LogP contribution in [-0.2, 0) is 28.4 Å². The standard InChI is InChI=1S/C20H40O10/c1-2-26-20-19(29-14-6-10-24)18(28-13-5-9-23)17(27-12-4-8-22)16(30-20)15-25-11-3-7-21/h16-24H,2-15H2,1H3/t16-,17+,18+,19-,20+/m1/s1. The second-order valence-corrected chi connectivity index (χ2v) is 6.89. The predicted molar refractivity (Wildman–Crippen MR) is 107 cm³/mol. The van der Waals surface area contributed by atoms with Gasteiger partial charge in [0.1, 0.15) is 24.4 Å². The molecule has 1 aliphatic rings. The van der Waals surface area contributed by atoms with E-state index in [2.05, 4.69) is 0 Å². The Bertz CT molecular complexity index is 387. The van der Waals surface area contributed by atoms with Crippen molar-refractivity contribution in [3.05, 3.63) is 0 Å². The van der Waals surface area contributed by atoms with Gasteiger partial charge in [0.25, 0.3) is 0 Å². The van der Waals surface area contributed by atoms with Crippen LogP contribution in [-0.4, -0.2) is 117 Å². The van der Waals surface area contributed by atoms with Gasteiger partial charge in [0.2, 0.25) is 0 Å². The van der Waals surface area contributed by atoms with Crippen molar-refractivity contribution in [3.63, 3.8) is 0 Å². The first kappa shape index (κ1) is 27.6. The highest BCUT2D eigenvalue weighted by atomic mass is 16.7. The van der Waals surface area contributed by atoms with E-state index in [0.29, 0.717) is 58.7 Å². The first-order valence-electron chi connectivity index (χ1n) is 10.9. The van der Waals surface area contributed by atoms with Crippen LogP contribution in [0.1, 0.15) is 32.6 Å². The van der Waals surface area contributed by atoms with Crippen LogP contribution in [0.4, 0.5) is 0 Å². The minimum atomic E-state index is -0.711. The van der Waals surface area contributed by atoms with Gasteiger partial charge in [-0.3, -0.25) is 0 Å². The third-order valence-corrected chi connectivity index (χ3v) is 4.49. The van der Waals surface area contributed by atoms with Gasteiger partial charge >= 0.3 is 0 Å². The molecule has 30 heavy (non-hydrogen) atoms. The molecule has 0 amide bonds. The molecule has 5 atom stereocenters. The number of ether oxygens (including phenoxy) is 6. The smallest absolute Gasteiger partial charge is 0.186 e. The van der Waals surface area contributed by atoms with Gasteiger partial charge in [0.15, 0.2) is 6.29 Å². The molecule has 1 fully saturated rings. The van der Waals surface area contributed by atoms with E-state index in [1.54, 1.807) is 0 Å². The quantitative estimate of drug-likeness (QED) is 0.194. The molecule has 0 bridgehead atoms. The molecule has 1 heterocycles. The molecule has 0 aromatic heterocycles. The molecule has 0 saturated carbocycles. The average Bonchev–Trinajstić information content (AvgIpc) is 2.75. The lowest BCUT2D eigenvalue weighted by molar-refractivity contribution is -0.323. The lowest BCUT2D eigenvalue weighted by Crippen LogP contribution is -2.62. The lowest BCUT2D eigenvalue weighted by Gasteiger charge is -2.45. The zero-order valence-electron chi connectivity index (χ0n) is 18.0. The molecule has 0 radical (unpaired) electrons. The van der Waals surface area contributed by atoms with Crippen molar-refractivity contribution in [1.29, 1.82) is 0 Å². The summed E-state index contributed by atoms with van der Waals surface area (Å²) in [5.74, 6) is 0. The van der Waals surface area contributed by atoms with Gasteiger partial charge in [-0.05, 0) is 32.6 Å². The van der Waals surface area contributed by atoms with Gasteiger partial charge in [0, 0.05) is 59.5 Å². The summed E-state index contributed by atoms with van der Waals surface area (Å²) in [5, 5.41) is 36.3. The molecule has 0 aromatic carbocycles. The van der Waals surface area contributed by atoms with Crippen molar-refractivity contribution in [3.8, 4) is 0 Å². The fraction of sp³-hybridized carbons (Fsp3) is 1.00. The van der Waals surface area contributed by atoms with Crippen LogP contribution >= 0.6 is 0 Å². The minimum absolute atomic E-state index is 0.000660. The molecule has 1 rings (SSSR count). The normalized spacial score (nSPS) is 26.9. The molecule has 4 N–H and O–H groups in total. The van der Waals surface area contributed by atoms with E-state index in [-0.39, 0.29) is 33.0 Å². The van der Waals surface area contributed by atoms with Crippen LogP contribution in [0.3, 0.4) is 0 Å². The number of hydrogen-bond donors (Lipinski definition) is 4. The van der Waals surface area contributed by atoms with Crippen molar-refractivity contribution < 1.29 is 48.8 Å². The van der Waals surface area contributed by atoms with E-state index in [1.165, 1.54) is 0 Å². The molecule has 0 aliphatic carbocycles. The second kappa shape index (κ2) is 18.2. The van der Waals surface area contributed by atoms with Crippen LogP contribution in [0.15, 0.2) is 0 Å². The molecule has 10 heteroatoms. The van der Waals surface area contributed by atoms with Crippen LogP contribution in [0.2, 0.25) is 0 Å². The monoisotopic (exact) mass is 440 g/mol. The summed E-state index contributed by atoms with van der Waals surface area (Å²) < 4.78 is 35.6. The highest BCUT2D eigenvalue weighted by Gasteiger charge is 2.48. The zero-order chi connectivity index (χ0) is 22.0. The topological polar surface area (TPSA) is 136 Å². The Hall–Kier alpha value is -0.400. The van der Waals surface area contributed by atoms with Gasteiger partial charge in [-0.2, -0.15) is 0 Å². The van der Waals surface area contributed by atoms with Crippen LogP contribution in [0.25, 0.3) is 0 Å². The maximum atomic E-state index is 9.14. The molecule has 1 saturated heterocycles. The molecule has 0 unspecified atom stereocenters. The van der Waals surface area contributed by atoms with E-state index >= 15 is 0 Å². The van der Waals surface area contributed by atoms with E-state index in [1.807, 2.05) is 6.92 Å². The van der Waals surface area contributed by atoms with Crippen molar-refractivity contribution in [2.75, 3.05) is 66.1 Å². The summed E-state index contributed by atoms with van der Waals surface area (Å²) in [7, 11) is 0. The third kappa shape index (κ3) is 10.3. The van der Waals surface area contributed by atoms with Gasteiger partial charge in [0.05, 0.1) is 6.61 Å². The predicted octanol–water partition coefficient (Wildman–Crippen LogP) is -0.550. The SMILES string of the molecule is CCO[C@H]1O[C@H](COCCCO)[C@H](OCCCO)[C@H](OCCCO)[C@H]1OCCCO. The highest BCUT2D eigenvalue weighted by Crippen LogP contribution is 2.29. The summed E-state index contributed by atoms with van der Waals surface area (Å²) >= 11 is 0. The number of aliphatic hydroxyl groups is 4. The van der Waals surface area contributed by atoms with E-state index in [4.69, 9.17) is 48.8 Å². The Labute approximate surface area is 179 Å². The fourth-order valence-electron chi connectivity index (χ4n) is 3.10. The Morgan fingerprint density at radius 1 is 0.633 bits per heavy atom. The van der Waals surface area contributed by atoms with Gasteiger partial charge in [-0.25, -0.2) is 0 Å². The Kier molecular flexibility index (Phi) is 16.8. The summed E-state index contributed by atoms with van der Waals surface area (Å²) in [4.78, 5) is 0. The summed E-state index contributed by atoms with van der Waals surface area (Å²) in [5.41, 5.74) is 0. The molecule has 1 aliphatic heterocycles. The first-order valence-corrected chi connectivity index (χ1v) is 10.9. The van der Waals surface area contributed by atoms with Crippen LogP contribution < -0.4 is 0 Å². The Morgan fingerprint density at radius 2 is 1.13 bits per heavy atom. The fourth-order valence-corrected chi connectivity index (χ4v) is 3.10.